The van der Waals surface area contributed by atoms with E-state index in [1.54, 1.807) is 7.11 Å². The number of pyridine rings is 1. The molecule has 51 heavy (non-hydrogen) atoms. The Balaban J connectivity index is 1.07. The van der Waals surface area contributed by atoms with E-state index in [1.807, 2.05) is 28.0 Å². The Hall–Kier alpha value is -3.88. The van der Waals surface area contributed by atoms with Gasteiger partial charge in [0.25, 0.3) is 0 Å². The first-order valence-corrected chi connectivity index (χ1v) is 19.6. The molecule has 8 rings (SSSR count). The first kappa shape index (κ1) is 35.5. The van der Waals surface area contributed by atoms with Crippen LogP contribution in [-0.4, -0.2) is 52.6 Å². The number of carbonyl (C=O) groups excluding carboxylic acids is 2. The number of benzene rings is 1. The molecule has 2 bridgehead atoms. The van der Waals surface area contributed by atoms with Gasteiger partial charge >= 0.3 is 6.09 Å². The number of alkyl carbamates (subject to hydrolysis) is 1. The van der Waals surface area contributed by atoms with E-state index in [0.717, 1.165) is 113 Å². The number of hydrogen-bond acceptors (Lipinski definition) is 6. The number of hydrogen-bond donors (Lipinski definition) is 1. The molecule has 0 radical (unpaired) electrons. The van der Waals surface area contributed by atoms with Crippen molar-refractivity contribution in [2.45, 2.75) is 141 Å². The molecule has 2 amide bonds. The Morgan fingerprint density at radius 1 is 0.941 bits per heavy atom. The van der Waals surface area contributed by atoms with Crippen LogP contribution in [-0.2, 0) is 14.9 Å². The molecular weight excluding hydrogens is 638 g/mol. The van der Waals surface area contributed by atoms with Crippen LogP contribution >= 0.6 is 0 Å². The summed E-state index contributed by atoms with van der Waals surface area (Å²) < 4.78 is 13.3. The maximum absolute atomic E-state index is 14.7. The van der Waals surface area contributed by atoms with E-state index in [1.165, 1.54) is 17.5 Å². The molecule has 5 aliphatic carbocycles. The van der Waals surface area contributed by atoms with Crippen molar-refractivity contribution in [2.75, 3.05) is 18.6 Å². The molecule has 1 N–H and O–H groups in total. The number of anilines is 1. The molecule has 0 saturated heterocycles. The number of methoxy groups -OCH3 is 1. The second-order valence-electron chi connectivity index (χ2n) is 16.5. The molecule has 3 aromatic rings. The van der Waals surface area contributed by atoms with Crippen LogP contribution in [0.3, 0.4) is 0 Å². The third-order valence-corrected chi connectivity index (χ3v) is 12.9. The highest BCUT2D eigenvalue weighted by molar-refractivity contribution is 5.95. The van der Waals surface area contributed by atoms with Crippen molar-refractivity contribution in [3.8, 4) is 16.9 Å². The maximum Gasteiger partial charge on any atom is 0.407 e. The molecule has 2 heterocycles. The summed E-state index contributed by atoms with van der Waals surface area (Å²) in [6.07, 6.45) is 20.7. The lowest BCUT2D eigenvalue weighted by Gasteiger charge is -2.55. The van der Waals surface area contributed by atoms with Gasteiger partial charge in [-0.1, -0.05) is 18.6 Å². The summed E-state index contributed by atoms with van der Waals surface area (Å²) in [5.74, 6) is 1.74. The average Bonchev–Trinajstić information content (AvgIpc) is 3.66. The Morgan fingerprint density at radius 3 is 2.31 bits per heavy atom. The van der Waals surface area contributed by atoms with Gasteiger partial charge < -0.3 is 14.8 Å². The van der Waals surface area contributed by atoms with Crippen molar-refractivity contribution < 1.29 is 19.1 Å². The standard InChI is InChI=1S/C42H57N5O4/c1-29(2)47-27-33(26-44-47)32-16-23-43-38(25-32)46(39(48)31-10-13-35(14-11-31)45-40(49)51-36-8-6-5-7-9-36)28-41-17-20-42(21-18-41,22-19-41)34-12-15-37(50-4)30(3)24-34/h12,15-16,23-27,29,31,35-36H,5-11,13-14,17-22,28H2,1-4H3,(H,45,49). The zero-order valence-corrected chi connectivity index (χ0v) is 31.2. The summed E-state index contributed by atoms with van der Waals surface area (Å²) in [5, 5.41) is 7.70. The van der Waals surface area contributed by atoms with Gasteiger partial charge in [-0.15, -0.1) is 0 Å². The van der Waals surface area contributed by atoms with Gasteiger partial charge in [0.05, 0.1) is 13.3 Å². The van der Waals surface area contributed by atoms with Crippen molar-refractivity contribution in [3.05, 3.63) is 60.0 Å². The van der Waals surface area contributed by atoms with Crippen LogP contribution in [0, 0.1) is 18.3 Å². The van der Waals surface area contributed by atoms with E-state index in [9.17, 15) is 9.59 Å². The SMILES string of the molecule is COc1ccc(C23CCC(CN(C(=O)C4CCC(NC(=O)OC5CCCCC5)CC4)c4cc(-c5cnn(C(C)C)c5)ccn4)(CC2)CC3)cc1C. The Morgan fingerprint density at radius 2 is 1.67 bits per heavy atom. The lowest BCUT2D eigenvalue weighted by atomic mass is 9.51. The quantitative estimate of drug-likeness (QED) is 0.227. The Kier molecular flexibility index (Phi) is 10.4. The van der Waals surface area contributed by atoms with E-state index in [2.05, 4.69) is 61.6 Å². The van der Waals surface area contributed by atoms with Gasteiger partial charge in [0.15, 0.2) is 0 Å². The lowest BCUT2D eigenvalue weighted by molar-refractivity contribution is -0.124. The molecule has 9 nitrogen and oxygen atoms in total. The fourth-order valence-corrected chi connectivity index (χ4v) is 9.50. The summed E-state index contributed by atoms with van der Waals surface area (Å²) in [6.45, 7) is 7.08. The lowest BCUT2D eigenvalue weighted by Crippen LogP contribution is -2.52. The smallest absolute Gasteiger partial charge is 0.407 e. The fraction of sp³-hybridized carbons (Fsp3) is 0.619. The van der Waals surface area contributed by atoms with Crippen LogP contribution in [0.2, 0.25) is 0 Å². The molecule has 0 aliphatic heterocycles. The number of amides is 2. The van der Waals surface area contributed by atoms with Crippen LogP contribution in [0.25, 0.3) is 11.1 Å². The Bertz CT molecular complexity index is 1660. The highest BCUT2D eigenvalue weighted by Crippen LogP contribution is 2.58. The summed E-state index contributed by atoms with van der Waals surface area (Å²) in [4.78, 5) is 34.3. The third kappa shape index (κ3) is 7.68. The monoisotopic (exact) mass is 695 g/mol. The topological polar surface area (TPSA) is 98.6 Å². The molecule has 2 aromatic heterocycles. The normalized spacial score (nSPS) is 26.5. The molecule has 5 saturated carbocycles. The van der Waals surface area contributed by atoms with E-state index in [0.29, 0.717) is 6.54 Å². The van der Waals surface area contributed by atoms with Gasteiger partial charge in [0.2, 0.25) is 5.91 Å². The molecule has 1 aromatic carbocycles. The molecule has 274 valence electrons. The maximum atomic E-state index is 14.7. The highest BCUT2D eigenvalue weighted by Gasteiger charge is 2.51. The van der Waals surface area contributed by atoms with Crippen LogP contribution < -0.4 is 15.0 Å². The largest absolute Gasteiger partial charge is 0.496 e. The minimum atomic E-state index is -0.297. The molecule has 0 unspecified atom stereocenters. The zero-order chi connectivity index (χ0) is 35.6. The molecule has 0 spiro atoms. The van der Waals surface area contributed by atoms with Gasteiger partial charge in [-0.05, 0) is 156 Å². The minimum Gasteiger partial charge on any atom is -0.496 e. The summed E-state index contributed by atoms with van der Waals surface area (Å²) in [6, 6.07) is 11.2. The number of fused-ring (bicyclic) bond motifs is 3. The second-order valence-corrected chi connectivity index (χ2v) is 16.5. The predicted octanol–water partition coefficient (Wildman–Crippen LogP) is 9.09. The molecule has 5 aliphatic rings. The summed E-state index contributed by atoms with van der Waals surface area (Å²) >= 11 is 0. The van der Waals surface area contributed by atoms with Crippen molar-refractivity contribution in [1.29, 1.82) is 0 Å². The van der Waals surface area contributed by atoms with E-state index >= 15 is 0 Å². The molecule has 9 heteroatoms. The van der Waals surface area contributed by atoms with Gasteiger partial charge in [-0.2, -0.15) is 5.10 Å². The van der Waals surface area contributed by atoms with Crippen LogP contribution in [0.15, 0.2) is 48.9 Å². The van der Waals surface area contributed by atoms with E-state index < -0.39 is 0 Å². The Labute approximate surface area is 303 Å². The van der Waals surface area contributed by atoms with Crippen molar-refractivity contribution in [3.63, 3.8) is 0 Å². The number of nitrogens with zero attached hydrogens (tertiary/aromatic N) is 4. The first-order chi connectivity index (χ1) is 24.7. The van der Waals surface area contributed by atoms with Crippen LogP contribution in [0.1, 0.15) is 127 Å². The van der Waals surface area contributed by atoms with Crippen molar-refractivity contribution in [2.24, 2.45) is 11.3 Å². The number of aryl methyl sites for hydroxylation is 1. The van der Waals surface area contributed by atoms with Gasteiger partial charge in [0.1, 0.15) is 17.7 Å². The molecule has 5 fully saturated rings. The van der Waals surface area contributed by atoms with Crippen LogP contribution in [0.4, 0.5) is 10.6 Å². The number of aromatic nitrogens is 3. The molecular formula is C42H57N5O4. The minimum absolute atomic E-state index is 0.0395. The molecule has 0 atom stereocenters. The second kappa shape index (κ2) is 15.0. The van der Waals surface area contributed by atoms with Gasteiger partial charge in [-0.3, -0.25) is 14.4 Å². The predicted molar refractivity (Wildman–Crippen MR) is 200 cm³/mol. The number of ether oxygens (including phenoxy) is 2. The van der Waals surface area contributed by atoms with Crippen molar-refractivity contribution in [1.82, 2.24) is 20.1 Å². The van der Waals surface area contributed by atoms with E-state index in [4.69, 9.17) is 14.5 Å². The van der Waals surface area contributed by atoms with Gasteiger partial charge in [0, 0.05) is 42.5 Å². The van der Waals surface area contributed by atoms with E-state index in [-0.39, 0.29) is 46.9 Å². The first-order valence-electron chi connectivity index (χ1n) is 19.6. The zero-order valence-electron chi connectivity index (χ0n) is 31.2. The number of nitrogens with one attached hydrogen (secondary N) is 1. The third-order valence-electron chi connectivity index (χ3n) is 12.9. The fourth-order valence-electron chi connectivity index (χ4n) is 9.50. The highest BCUT2D eigenvalue weighted by atomic mass is 16.6. The number of rotatable bonds is 10. The number of carbonyl (C=O) groups is 2. The summed E-state index contributed by atoms with van der Waals surface area (Å²) in [7, 11) is 1.74. The van der Waals surface area contributed by atoms with Crippen LogP contribution in [0.5, 0.6) is 5.75 Å². The van der Waals surface area contributed by atoms with Crippen molar-refractivity contribution >= 4 is 17.8 Å². The average molecular weight is 696 g/mol. The van der Waals surface area contributed by atoms with Gasteiger partial charge in [-0.25, -0.2) is 9.78 Å². The summed E-state index contributed by atoms with van der Waals surface area (Å²) in [5.41, 5.74) is 4.95.